The SMILES string of the molecule is Cc1nn[nH]c1-c1cc(-n2c(=O)c3c(n4ncc(Cc5ccccc5)c24)CN(C(=O)c2ccc(Br)c(C(F)(F)F)c2)C(C)C3)nn1C. The minimum absolute atomic E-state index is 0.0295. The van der Waals surface area contributed by atoms with E-state index in [4.69, 9.17) is 10.2 Å². The fourth-order valence-electron chi connectivity index (χ4n) is 6.17. The van der Waals surface area contributed by atoms with Crippen LogP contribution in [0.1, 0.15) is 50.9 Å². The highest BCUT2D eigenvalue weighted by atomic mass is 79.9. The van der Waals surface area contributed by atoms with E-state index in [0.717, 1.165) is 17.2 Å². The van der Waals surface area contributed by atoms with Crippen molar-refractivity contribution in [3.05, 3.63) is 115 Å². The molecular formula is C32H27BrF3N9O2. The first kappa shape index (κ1) is 30.6. The van der Waals surface area contributed by atoms with E-state index in [1.54, 1.807) is 40.0 Å². The third-order valence-corrected chi connectivity index (χ3v) is 9.23. The van der Waals surface area contributed by atoms with E-state index in [-0.39, 0.29) is 28.6 Å². The molecule has 1 unspecified atom stereocenters. The number of fused-ring (bicyclic) bond motifs is 3. The van der Waals surface area contributed by atoms with E-state index in [2.05, 4.69) is 31.3 Å². The lowest BCUT2D eigenvalue weighted by atomic mass is 9.98. The van der Waals surface area contributed by atoms with Gasteiger partial charge in [0.15, 0.2) is 5.82 Å². The molecule has 47 heavy (non-hydrogen) atoms. The first-order valence-electron chi connectivity index (χ1n) is 14.7. The Morgan fingerprint density at radius 3 is 2.60 bits per heavy atom. The summed E-state index contributed by atoms with van der Waals surface area (Å²) >= 11 is 2.94. The van der Waals surface area contributed by atoms with Crippen molar-refractivity contribution in [2.24, 2.45) is 7.05 Å². The number of nitrogens with zero attached hydrogens (tertiary/aromatic N) is 8. The van der Waals surface area contributed by atoms with Gasteiger partial charge in [0.2, 0.25) is 0 Å². The Labute approximate surface area is 273 Å². The first-order valence-corrected chi connectivity index (χ1v) is 15.5. The zero-order valence-electron chi connectivity index (χ0n) is 25.4. The normalized spacial score (nSPS) is 15.0. The number of aryl methyl sites for hydroxylation is 2. The zero-order chi connectivity index (χ0) is 33.2. The van der Waals surface area contributed by atoms with Crippen LogP contribution in [-0.2, 0) is 32.6 Å². The highest BCUT2D eigenvalue weighted by Gasteiger charge is 2.37. The molecular weight excluding hydrogens is 679 g/mol. The van der Waals surface area contributed by atoms with Gasteiger partial charge in [-0.05, 0) is 44.0 Å². The molecule has 1 amide bonds. The number of halogens is 4. The summed E-state index contributed by atoms with van der Waals surface area (Å²) in [7, 11) is 1.76. The molecule has 240 valence electrons. The molecule has 11 nitrogen and oxygen atoms in total. The van der Waals surface area contributed by atoms with Crippen molar-refractivity contribution < 1.29 is 18.0 Å². The van der Waals surface area contributed by atoms with E-state index in [0.29, 0.717) is 46.2 Å². The monoisotopic (exact) mass is 705 g/mol. The highest BCUT2D eigenvalue weighted by molar-refractivity contribution is 9.10. The summed E-state index contributed by atoms with van der Waals surface area (Å²) in [4.78, 5) is 29.7. The number of carbonyl (C=O) groups is 1. The Hall–Kier alpha value is -5.05. The van der Waals surface area contributed by atoms with Crippen LogP contribution in [0.15, 0.2) is 70.1 Å². The quantitative estimate of drug-likeness (QED) is 0.261. The van der Waals surface area contributed by atoms with Gasteiger partial charge in [0.05, 0.1) is 35.4 Å². The molecule has 1 aliphatic heterocycles. The Balaban J connectivity index is 1.38. The van der Waals surface area contributed by atoms with Gasteiger partial charge < -0.3 is 4.90 Å². The van der Waals surface area contributed by atoms with Gasteiger partial charge in [-0.25, -0.2) is 9.08 Å². The summed E-state index contributed by atoms with van der Waals surface area (Å²) in [6, 6.07) is 14.5. The van der Waals surface area contributed by atoms with E-state index in [1.165, 1.54) is 17.0 Å². The number of aromatic amines is 1. The topological polar surface area (TPSA) is 119 Å². The molecule has 0 saturated heterocycles. The number of nitrogens with one attached hydrogen (secondary N) is 1. The van der Waals surface area contributed by atoms with Gasteiger partial charge in [-0.1, -0.05) is 51.5 Å². The molecule has 0 spiro atoms. The van der Waals surface area contributed by atoms with Gasteiger partial charge in [0, 0.05) is 46.7 Å². The minimum Gasteiger partial charge on any atom is -0.330 e. The molecule has 1 aliphatic rings. The second-order valence-corrected chi connectivity index (χ2v) is 12.4. The van der Waals surface area contributed by atoms with Crippen molar-refractivity contribution in [3.63, 3.8) is 0 Å². The van der Waals surface area contributed by atoms with Gasteiger partial charge in [-0.2, -0.15) is 23.4 Å². The number of hydrogen-bond donors (Lipinski definition) is 1. The van der Waals surface area contributed by atoms with Crippen LogP contribution in [0.2, 0.25) is 0 Å². The molecule has 4 aromatic heterocycles. The van der Waals surface area contributed by atoms with E-state index in [1.807, 2.05) is 37.3 Å². The maximum absolute atomic E-state index is 14.5. The number of aromatic nitrogens is 8. The van der Waals surface area contributed by atoms with Gasteiger partial charge in [0.25, 0.3) is 11.5 Å². The lowest BCUT2D eigenvalue weighted by Gasteiger charge is -2.35. The molecule has 0 radical (unpaired) electrons. The fraction of sp³-hybridized carbons (Fsp3) is 0.250. The molecule has 15 heteroatoms. The second-order valence-electron chi connectivity index (χ2n) is 11.6. The molecule has 1 atom stereocenters. The first-order chi connectivity index (χ1) is 22.4. The van der Waals surface area contributed by atoms with Crippen LogP contribution in [0.25, 0.3) is 22.9 Å². The molecule has 6 aromatic rings. The average Bonchev–Trinajstić information content (AvgIpc) is 3.75. The molecule has 5 heterocycles. The number of rotatable bonds is 5. The van der Waals surface area contributed by atoms with Crippen molar-refractivity contribution in [1.82, 2.24) is 44.3 Å². The molecule has 1 N–H and O–H groups in total. The molecule has 0 saturated carbocycles. The van der Waals surface area contributed by atoms with Crippen LogP contribution in [0.4, 0.5) is 13.2 Å². The number of carbonyl (C=O) groups excluding carboxylic acids is 1. The number of hydrogen-bond acceptors (Lipinski definition) is 6. The van der Waals surface area contributed by atoms with Crippen LogP contribution in [0, 0.1) is 6.92 Å². The number of H-pyrrole nitrogens is 1. The summed E-state index contributed by atoms with van der Waals surface area (Å²) in [5.74, 6) is -0.210. The summed E-state index contributed by atoms with van der Waals surface area (Å²) in [5, 5.41) is 20.2. The second kappa shape index (κ2) is 11.3. The van der Waals surface area contributed by atoms with Crippen molar-refractivity contribution in [1.29, 1.82) is 0 Å². The Bertz CT molecular complexity index is 2230. The highest BCUT2D eigenvalue weighted by Crippen LogP contribution is 2.36. The molecule has 0 bridgehead atoms. The van der Waals surface area contributed by atoms with E-state index >= 15 is 0 Å². The van der Waals surface area contributed by atoms with Gasteiger partial charge in [0.1, 0.15) is 11.3 Å². The van der Waals surface area contributed by atoms with Crippen LogP contribution < -0.4 is 5.56 Å². The third-order valence-electron chi connectivity index (χ3n) is 8.54. The Morgan fingerprint density at radius 2 is 1.89 bits per heavy atom. The predicted octanol–water partition coefficient (Wildman–Crippen LogP) is 5.27. The standard InChI is InChI=1S/C32H27BrF3N9O2/c1-17-11-22-26(16-43(17)30(46)20-9-10-24(33)23(13-20)32(34,35)36)45-29(21(15-37-45)12-19-7-5-4-6-8-19)44(31(22)47)27-14-25(42(3)40-27)28-18(2)38-41-39-28/h4-10,13-15,17H,11-12,16H2,1-3H3,(H,38,39,41). The third kappa shape index (κ3) is 5.23. The maximum atomic E-state index is 14.5. The zero-order valence-corrected chi connectivity index (χ0v) is 27.0. The Kier molecular flexibility index (Phi) is 7.38. The molecule has 0 aliphatic carbocycles. The molecule has 0 fully saturated rings. The smallest absolute Gasteiger partial charge is 0.330 e. The summed E-state index contributed by atoms with van der Waals surface area (Å²) in [5.41, 5.74) is 3.82. The summed E-state index contributed by atoms with van der Waals surface area (Å²) < 4.78 is 45.7. The lowest BCUT2D eigenvalue weighted by molar-refractivity contribution is -0.138. The fourth-order valence-corrected chi connectivity index (χ4v) is 6.64. The largest absolute Gasteiger partial charge is 0.417 e. The van der Waals surface area contributed by atoms with Gasteiger partial charge in [-0.15, -0.1) is 5.10 Å². The number of alkyl halides is 3. The van der Waals surface area contributed by atoms with E-state index in [9.17, 15) is 22.8 Å². The predicted molar refractivity (Wildman–Crippen MR) is 169 cm³/mol. The maximum Gasteiger partial charge on any atom is 0.417 e. The minimum atomic E-state index is -4.64. The van der Waals surface area contributed by atoms with Crippen LogP contribution in [-0.4, -0.2) is 56.2 Å². The van der Waals surface area contributed by atoms with Crippen LogP contribution >= 0.6 is 15.9 Å². The van der Waals surface area contributed by atoms with Gasteiger partial charge in [-0.3, -0.25) is 19.4 Å². The number of benzene rings is 2. The van der Waals surface area contributed by atoms with Crippen molar-refractivity contribution in [2.45, 2.75) is 45.5 Å². The van der Waals surface area contributed by atoms with Crippen molar-refractivity contribution in [2.75, 3.05) is 0 Å². The van der Waals surface area contributed by atoms with E-state index < -0.39 is 23.7 Å². The molecule has 7 rings (SSSR count). The van der Waals surface area contributed by atoms with Crippen molar-refractivity contribution >= 4 is 27.5 Å². The summed E-state index contributed by atoms with van der Waals surface area (Å²) in [6.45, 7) is 3.56. The average molecular weight is 707 g/mol. The van der Waals surface area contributed by atoms with Crippen molar-refractivity contribution in [3.8, 4) is 17.2 Å². The van der Waals surface area contributed by atoms with Gasteiger partial charge >= 0.3 is 6.18 Å². The van der Waals surface area contributed by atoms with Crippen LogP contribution in [0.3, 0.4) is 0 Å². The lowest BCUT2D eigenvalue weighted by Crippen LogP contribution is -2.46. The summed E-state index contributed by atoms with van der Waals surface area (Å²) in [6.07, 6.45) is -2.33. The van der Waals surface area contributed by atoms with Crippen LogP contribution in [0.5, 0.6) is 0 Å². The molecule has 2 aromatic carbocycles. The number of amides is 1. The Morgan fingerprint density at radius 1 is 1.13 bits per heavy atom.